The molecule has 0 N–H and O–H groups in total. The number of para-hydroxylation sites is 1. The van der Waals surface area contributed by atoms with Crippen LogP contribution in [0.4, 0.5) is 5.69 Å². The summed E-state index contributed by atoms with van der Waals surface area (Å²) in [5.74, 6) is -0.0635. The fourth-order valence-electron chi connectivity index (χ4n) is 4.01. The molecular formula is C23H26N4O2. The van der Waals surface area contributed by atoms with E-state index in [1.807, 2.05) is 43.3 Å². The summed E-state index contributed by atoms with van der Waals surface area (Å²) in [5, 5.41) is 0. The third kappa shape index (κ3) is 3.28. The lowest BCUT2D eigenvalue weighted by Crippen LogP contribution is -2.37. The number of carbonyl (C=O) groups excluding carboxylic acids is 2. The lowest BCUT2D eigenvalue weighted by Gasteiger charge is -2.21. The zero-order valence-electron chi connectivity index (χ0n) is 17.1. The molecule has 1 aliphatic rings. The number of imidazole rings is 1. The van der Waals surface area contributed by atoms with Crippen LogP contribution in [0.1, 0.15) is 53.4 Å². The predicted molar refractivity (Wildman–Crippen MR) is 113 cm³/mol. The van der Waals surface area contributed by atoms with E-state index in [1.165, 1.54) is 0 Å². The number of benzene rings is 1. The van der Waals surface area contributed by atoms with Crippen LogP contribution < -0.4 is 4.90 Å². The maximum atomic E-state index is 13.5. The second-order valence-electron chi connectivity index (χ2n) is 7.68. The van der Waals surface area contributed by atoms with Crippen molar-refractivity contribution in [3.63, 3.8) is 0 Å². The Morgan fingerprint density at radius 2 is 1.93 bits per heavy atom. The molecule has 1 aliphatic heterocycles. The van der Waals surface area contributed by atoms with E-state index in [0.717, 1.165) is 30.5 Å². The topological polar surface area (TPSA) is 57.9 Å². The van der Waals surface area contributed by atoms with Gasteiger partial charge in [0.15, 0.2) is 5.69 Å². The number of unbranched alkanes of at least 4 members (excludes halogenated alkanes) is 1. The van der Waals surface area contributed by atoms with Gasteiger partial charge in [-0.15, -0.1) is 0 Å². The predicted octanol–water partition coefficient (Wildman–Crippen LogP) is 3.80. The third-order valence-corrected chi connectivity index (χ3v) is 5.56. The molecule has 1 aromatic carbocycles. The number of fused-ring (bicyclic) bond motifs is 2. The summed E-state index contributed by atoms with van der Waals surface area (Å²) >= 11 is 0. The van der Waals surface area contributed by atoms with E-state index < -0.39 is 0 Å². The highest BCUT2D eigenvalue weighted by atomic mass is 16.2. The van der Waals surface area contributed by atoms with Gasteiger partial charge in [0.2, 0.25) is 5.82 Å². The average Bonchev–Trinajstić information content (AvgIpc) is 3.28. The van der Waals surface area contributed by atoms with Crippen molar-refractivity contribution in [3.05, 3.63) is 65.7 Å². The molecule has 0 fully saturated rings. The highest BCUT2D eigenvalue weighted by molar-refractivity contribution is 6.08. The van der Waals surface area contributed by atoms with Gasteiger partial charge in [-0.1, -0.05) is 37.6 Å². The molecule has 3 aromatic rings. The summed E-state index contributed by atoms with van der Waals surface area (Å²) in [6, 6.07) is 13.6. The molecule has 6 nitrogen and oxygen atoms in total. The molecule has 0 aliphatic carbocycles. The molecule has 2 aromatic heterocycles. The number of carbonyl (C=O) groups is 2. The second-order valence-corrected chi connectivity index (χ2v) is 7.68. The summed E-state index contributed by atoms with van der Waals surface area (Å²) in [6.07, 6.45) is 4.56. The van der Waals surface area contributed by atoms with E-state index in [2.05, 4.69) is 18.0 Å². The van der Waals surface area contributed by atoms with Gasteiger partial charge in [-0.05, 0) is 43.5 Å². The van der Waals surface area contributed by atoms with Crippen molar-refractivity contribution in [3.8, 4) is 0 Å². The van der Waals surface area contributed by atoms with Gasteiger partial charge in [0, 0.05) is 31.5 Å². The van der Waals surface area contributed by atoms with Crippen LogP contribution in [-0.4, -0.2) is 45.7 Å². The molecular weight excluding hydrogens is 364 g/mol. The minimum atomic E-state index is -0.182. The first-order chi connectivity index (χ1) is 14.0. The van der Waals surface area contributed by atoms with E-state index in [1.54, 1.807) is 27.4 Å². The Labute approximate surface area is 170 Å². The van der Waals surface area contributed by atoms with E-state index >= 15 is 0 Å². The van der Waals surface area contributed by atoms with Crippen molar-refractivity contribution in [1.82, 2.24) is 14.3 Å². The number of hydrogen-bond acceptors (Lipinski definition) is 3. The Morgan fingerprint density at radius 1 is 1.17 bits per heavy atom. The fourth-order valence-corrected chi connectivity index (χ4v) is 4.01. The molecule has 0 spiro atoms. The molecule has 2 amide bonds. The van der Waals surface area contributed by atoms with E-state index in [0.29, 0.717) is 17.8 Å². The second kappa shape index (κ2) is 7.70. The van der Waals surface area contributed by atoms with Crippen LogP contribution in [0.5, 0.6) is 0 Å². The number of pyridine rings is 1. The van der Waals surface area contributed by atoms with Crippen LogP contribution >= 0.6 is 0 Å². The van der Waals surface area contributed by atoms with Crippen LogP contribution in [0.25, 0.3) is 5.52 Å². The minimum absolute atomic E-state index is 0.0438. The van der Waals surface area contributed by atoms with Gasteiger partial charge in [-0.2, -0.15) is 0 Å². The molecule has 1 unspecified atom stereocenters. The molecule has 0 bridgehead atoms. The molecule has 1 atom stereocenters. The number of hydrogen-bond donors (Lipinski definition) is 0. The minimum Gasteiger partial charge on any atom is -0.340 e. The quantitative estimate of drug-likeness (QED) is 0.666. The van der Waals surface area contributed by atoms with Crippen LogP contribution in [0, 0.1) is 0 Å². The van der Waals surface area contributed by atoms with Crippen molar-refractivity contribution >= 4 is 23.0 Å². The molecule has 0 radical (unpaired) electrons. The van der Waals surface area contributed by atoms with Gasteiger partial charge >= 0.3 is 0 Å². The maximum absolute atomic E-state index is 13.5. The Balaban J connectivity index is 1.75. The Kier molecular flexibility index (Phi) is 5.09. The van der Waals surface area contributed by atoms with Crippen molar-refractivity contribution < 1.29 is 9.59 Å². The Morgan fingerprint density at radius 3 is 2.72 bits per heavy atom. The van der Waals surface area contributed by atoms with Gasteiger partial charge in [-0.25, -0.2) is 4.98 Å². The fraction of sp³-hybridized carbons (Fsp3) is 0.348. The number of anilines is 1. The first-order valence-electron chi connectivity index (χ1n) is 10.2. The van der Waals surface area contributed by atoms with E-state index in [4.69, 9.17) is 0 Å². The average molecular weight is 390 g/mol. The van der Waals surface area contributed by atoms with Crippen LogP contribution in [0.3, 0.4) is 0 Å². The molecule has 6 heteroatoms. The largest absolute Gasteiger partial charge is 0.340 e. The molecule has 29 heavy (non-hydrogen) atoms. The Hall–Kier alpha value is -3.15. The van der Waals surface area contributed by atoms with Crippen LogP contribution in [0.2, 0.25) is 0 Å². The number of rotatable bonds is 5. The summed E-state index contributed by atoms with van der Waals surface area (Å²) in [4.78, 5) is 34.6. The number of aromatic nitrogens is 2. The molecule has 0 saturated carbocycles. The van der Waals surface area contributed by atoms with Crippen molar-refractivity contribution in [2.75, 3.05) is 18.5 Å². The van der Waals surface area contributed by atoms with Crippen LogP contribution in [0.15, 0.2) is 48.7 Å². The smallest absolute Gasteiger partial charge is 0.294 e. The monoisotopic (exact) mass is 390 g/mol. The molecule has 3 heterocycles. The standard InChI is InChI=1S/C23H26N4O2/c1-4-5-13-25(3)22(28)20-19-12-8-9-14-26(19)21(24-20)23(29)27-16(2)15-17-10-6-7-11-18(17)27/h6-12,14,16H,4-5,13,15H2,1-3H3. The zero-order valence-corrected chi connectivity index (χ0v) is 17.1. The van der Waals surface area contributed by atoms with Gasteiger partial charge in [0.25, 0.3) is 11.8 Å². The SMILES string of the molecule is CCCCN(C)C(=O)c1nc(C(=O)N2c3ccccc3CC2C)n2ccccc12. The maximum Gasteiger partial charge on any atom is 0.294 e. The summed E-state index contributed by atoms with van der Waals surface area (Å²) in [5.41, 5.74) is 3.06. The number of nitrogens with zero attached hydrogens (tertiary/aromatic N) is 4. The highest BCUT2D eigenvalue weighted by Crippen LogP contribution is 2.33. The summed E-state index contributed by atoms with van der Waals surface area (Å²) < 4.78 is 1.73. The first kappa shape index (κ1) is 19.2. The molecule has 4 rings (SSSR count). The highest BCUT2D eigenvalue weighted by Gasteiger charge is 2.34. The molecule has 0 saturated heterocycles. The summed E-state index contributed by atoms with van der Waals surface area (Å²) in [6.45, 7) is 4.80. The summed E-state index contributed by atoms with van der Waals surface area (Å²) in [7, 11) is 1.78. The normalized spacial score (nSPS) is 15.6. The van der Waals surface area contributed by atoms with Crippen LogP contribution in [-0.2, 0) is 6.42 Å². The van der Waals surface area contributed by atoms with Crippen molar-refractivity contribution in [1.29, 1.82) is 0 Å². The molecule has 150 valence electrons. The first-order valence-corrected chi connectivity index (χ1v) is 10.2. The van der Waals surface area contributed by atoms with Crippen molar-refractivity contribution in [2.24, 2.45) is 0 Å². The Bertz CT molecular complexity index is 1070. The third-order valence-electron chi connectivity index (χ3n) is 5.56. The lowest BCUT2D eigenvalue weighted by atomic mass is 10.1. The van der Waals surface area contributed by atoms with Gasteiger partial charge in [0.05, 0.1) is 5.52 Å². The lowest BCUT2D eigenvalue weighted by molar-refractivity contribution is 0.0790. The van der Waals surface area contributed by atoms with Crippen molar-refractivity contribution in [2.45, 2.75) is 39.2 Å². The zero-order chi connectivity index (χ0) is 20.5. The van der Waals surface area contributed by atoms with E-state index in [-0.39, 0.29) is 23.7 Å². The van der Waals surface area contributed by atoms with Gasteiger partial charge < -0.3 is 9.80 Å². The van der Waals surface area contributed by atoms with Gasteiger partial charge in [-0.3, -0.25) is 14.0 Å². The van der Waals surface area contributed by atoms with E-state index in [9.17, 15) is 9.59 Å². The van der Waals surface area contributed by atoms with Gasteiger partial charge in [0.1, 0.15) is 0 Å². The number of amides is 2.